The van der Waals surface area contributed by atoms with Crippen molar-refractivity contribution < 1.29 is 63.6 Å². The topological polar surface area (TPSA) is 218 Å². The van der Waals surface area contributed by atoms with Gasteiger partial charge < -0.3 is 54.2 Å². The fraction of sp³-hybridized carbons (Fsp3) is 0.574. The van der Waals surface area contributed by atoms with Gasteiger partial charge in [0.25, 0.3) is 0 Å². The molecule has 3 aromatic rings. The van der Waals surface area contributed by atoms with Crippen LogP contribution in [0.1, 0.15) is 98.9 Å². The number of nitrogens with zero attached hydrogens (tertiary/aromatic N) is 1. The number of ether oxygens (including phenoxy) is 5. The van der Waals surface area contributed by atoms with Crippen LogP contribution in [-0.2, 0) is 43.3 Å². The first kappa shape index (κ1) is 49.1. The number of hydrogen-bond donors (Lipinski definition) is 6. The van der Waals surface area contributed by atoms with E-state index in [-0.39, 0.29) is 109 Å². The van der Waals surface area contributed by atoms with E-state index in [1.54, 1.807) is 14.0 Å². The second-order valence-electron chi connectivity index (χ2n) is 19.8. The summed E-state index contributed by atoms with van der Waals surface area (Å²) < 4.78 is 31.5. The Hall–Kier alpha value is -4.87. The molecule has 2 fully saturated rings. The Morgan fingerprint density at radius 2 is 1.87 bits per heavy atom. The Bertz CT molecular complexity index is 2530. The van der Waals surface area contributed by atoms with E-state index in [4.69, 9.17) is 23.7 Å². The molecule has 9 rings (SSSR count). The van der Waals surface area contributed by atoms with E-state index in [2.05, 4.69) is 29.0 Å². The number of allylic oxidation sites excluding steroid dienone is 3. The summed E-state index contributed by atoms with van der Waals surface area (Å²) in [6, 6.07) is 6.13. The normalized spacial score (nSPS) is 28.8. The van der Waals surface area contributed by atoms with Gasteiger partial charge in [0.05, 0.1) is 43.1 Å². The molecule has 1 saturated heterocycles. The predicted octanol–water partition coefficient (Wildman–Crippen LogP) is 5.26. The Kier molecular flexibility index (Phi) is 14.8. The molecular weight excluding hydrogens is 885 g/mol. The predicted molar refractivity (Wildman–Crippen MR) is 256 cm³/mol. The third kappa shape index (κ3) is 8.65. The lowest BCUT2D eigenvalue weighted by Gasteiger charge is -2.55. The number of esters is 1. The van der Waals surface area contributed by atoms with Gasteiger partial charge in [0.15, 0.2) is 6.29 Å². The van der Waals surface area contributed by atoms with Gasteiger partial charge in [0.2, 0.25) is 5.76 Å². The average Bonchev–Trinajstić information content (AvgIpc) is 4.03. The number of benzene rings is 2. The molecule has 9 unspecified atom stereocenters. The number of carbonyl (C=O) groups excluding carboxylic acids is 3. The number of aliphatic hydroxyl groups is 5. The van der Waals surface area contributed by atoms with Crippen LogP contribution in [0.5, 0.6) is 17.2 Å². The van der Waals surface area contributed by atoms with Crippen LogP contribution in [-0.4, -0.2) is 131 Å². The summed E-state index contributed by atoms with van der Waals surface area (Å²) in [5.41, 5.74) is 2.91. The first-order valence-corrected chi connectivity index (χ1v) is 25.1. The molecule has 372 valence electrons. The highest BCUT2D eigenvalue weighted by molar-refractivity contribution is 6.11. The van der Waals surface area contributed by atoms with Crippen LogP contribution in [0.3, 0.4) is 0 Å². The second-order valence-corrected chi connectivity index (χ2v) is 19.8. The van der Waals surface area contributed by atoms with Crippen molar-refractivity contribution in [2.24, 2.45) is 29.6 Å². The zero-order chi connectivity index (χ0) is 48.6. The number of piperidine rings is 1. The largest absolute Gasteiger partial charge is 0.492 e. The number of aryl methyl sites for hydroxylation is 1. The molecule has 1 aromatic heterocycles. The maximum Gasteiger partial charge on any atom is 0.375 e. The number of ketones is 1. The average molecular weight is 953 g/mol. The SMILES string of the molecule is CCOC(=O)C1=C(C=O)C2=C3CC(CO)C(=O)C(C3)c3cc4cc[nH]c4cc3CCC(CO)COc3c4c(c(CO)c(c32)O1)OC(C1(O)C(CCCO)C=CC2C(CC)N(CCCOC)CCC21)C4. The van der Waals surface area contributed by atoms with Gasteiger partial charge in [0.1, 0.15) is 34.7 Å². The zero-order valence-corrected chi connectivity index (χ0v) is 40.0. The van der Waals surface area contributed by atoms with Gasteiger partial charge >= 0.3 is 5.97 Å². The van der Waals surface area contributed by atoms with Gasteiger partial charge in [-0.05, 0) is 112 Å². The van der Waals surface area contributed by atoms with E-state index < -0.39 is 60.3 Å². The van der Waals surface area contributed by atoms with Crippen LogP contribution in [0.25, 0.3) is 16.5 Å². The number of H-pyrrole nitrogens is 1. The highest BCUT2D eigenvalue weighted by atomic mass is 16.6. The summed E-state index contributed by atoms with van der Waals surface area (Å²) in [5, 5.41) is 58.1. The molecule has 5 heterocycles. The van der Waals surface area contributed by atoms with Crippen LogP contribution in [0.15, 0.2) is 53.5 Å². The Morgan fingerprint density at radius 1 is 1.03 bits per heavy atom. The number of nitrogens with one attached hydrogen (secondary N) is 1. The summed E-state index contributed by atoms with van der Waals surface area (Å²) in [5.74, 6) is -3.59. The van der Waals surface area contributed by atoms with Crippen molar-refractivity contribution in [3.8, 4) is 17.2 Å². The smallest absolute Gasteiger partial charge is 0.375 e. The summed E-state index contributed by atoms with van der Waals surface area (Å²) >= 11 is 0. The van der Waals surface area contributed by atoms with Crippen molar-refractivity contribution in [2.45, 2.75) is 108 Å². The third-order valence-electron chi connectivity index (χ3n) is 16.2. The van der Waals surface area contributed by atoms with Crippen molar-refractivity contribution in [2.75, 3.05) is 59.8 Å². The number of methoxy groups -OCH3 is 1. The molecule has 0 amide bonds. The van der Waals surface area contributed by atoms with Gasteiger partial charge in [0, 0.05) is 98.4 Å². The molecule has 2 aromatic carbocycles. The summed E-state index contributed by atoms with van der Waals surface area (Å²) in [6.07, 6.45) is 10.6. The molecule has 15 nitrogen and oxygen atoms in total. The van der Waals surface area contributed by atoms with Crippen LogP contribution in [0, 0.1) is 29.6 Å². The first-order valence-electron chi connectivity index (χ1n) is 25.1. The minimum Gasteiger partial charge on any atom is -0.492 e. The van der Waals surface area contributed by atoms with Crippen LogP contribution >= 0.6 is 0 Å². The van der Waals surface area contributed by atoms with E-state index in [0.717, 1.165) is 48.0 Å². The van der Waals surface area contributed by atoms with E-state index in [1.807, 2.05) is 24.4 Å². The minimum absolute atomic E-state index is 0.0142. The molecule has 6 aliphatic rings. The summed E-state index contributed by atoms with van der Waals surface area (Å²) in [6.45, 7) is 4.71. The summed E-state index contributed by atoms with van der Waals surface area (Å²) in [4.78, 5) is 48.0. The quantitative estimate of drug-likeness (QED) is 0.0496. The van der Waals surface area contributed by atoms with Crippen molar-refractivity contribution in [3.05, 3.63) is 81.3 Å². The number of rotatable bonds is 15. The molecule has 69 heavy (non-hydrogen) atoms. The molecular formula is C54H68N2O13. The van der Waals surface area contributed by atoms with Gasteiger partial charge in [-0.1, -0.05) is 24.6 Å². The Balaban J connectivity index is 1.25. The van der Waals surface area contributed by atoms with Crippen LogP contribution < -0.4 is 14.2 Å². The monoisotopic (exact) mass is 952 g/mol. The number of Topliss-reactive ketones (excluding diaryl/α,β-unsaturated/α-hetero) is 1. The fourth-order valence-corrected chi connectivity index (χ4v) is 12.9. The molecule has 0 radical (unpaired) electrons. The van der Waals surface area contributed by atoms with Crippen molar-refractivity contribution in [3.63, 3.8) is 0 Å². The van der Waals surface area contributed by atoms with E-state index in [1.165, 1.54) is 0 Å². The van der Waals surface area contributed by atoms with Crippen molar-refractivity contribution in [1.29, 1.82) is 0 Å². The lowest BCUT2D eigenvalue weighted by molar-refractivity contribution is -0.162. The number of aromatic amines is 1. The lowest BCUT2D eigenvalue weighted by Crippen LogP contribution is -2.64. The molecule has 2 bridgehead atoms. The maximum atomic E-state index is 14.6. The van der Waals surface area contributed by atoms with Gasteiger partial charge in [-0.3, -0.25) is 14.5 Å². The number of fused-ring (bicyclic) bond motifs is 8. The third-order valence-corrected chi connectivity index (χ3v) is 16.2. The molecule has 15 heteroatoms. The van der Waals surface area contributed by atoms with Crippen molar-refractivity contribution in [1.82, 2.24) is 9.88 Å². The standard InChI is InChI=1S/C54H68N2O13/c1-4-44-36-12-11-35(8-6-18-57)54(64,42(36)14-17-56(44)16-7-19-65-3)45-24-39-49(68-45)41(28-61)51-47-46(40(27-60)52(69-51)53(63)66-5-2)33-20-34(26-59)48(62)38(22-33)37-21-32-13-15-55-43(32)23-31(37)10-9-30(25-58)29-67-50(39)47/h11-13,15,21,23,27,30,34-36,38,42,44-45,55,57-59,61,64H,4-10,14,16-20,22,24-26,28-29H2,1-3H3. The number of aromatic nitrogens is 1. The van der Waals surface area contributed by atoms with Crippen LogP contribution in [0.4, 0.5) is 0 Å². The maximum absolute atomic E-state index is 14.6. The number of aliphatic hydroxyl groups excluding tert-OH is 4. The van der Waals surface area contributed by atoms with E-state index >= 15 is 0 Å². The van der Waals surface area contributed by atoms with Crippen molar-refractivity contribution >= 4 is 34.5 Å². The number of carbonyl (C=O) groups is 3. The fourth-order valence-electron chi connectivity index (χ4n) is 12.9. The van der Waals surface area contributed by atoms with E-state index in [9.17, 15) is 39.9 Å². The number of hydrogen-bond acceptors (Lipinski definition) is 14. The number of likely N-dealkylation sites (tertiary alicyclic amines) is 1. The molecule has 4 aliphatic heterocycles. The molecule has 0 spiro atoms. The van der Waals surface area contributed by atoms with Gasteiger partial charge in [-0.25, -0.2) is 4.79 Å². The molecule has 1 saturated carbocycles. The Morgan fingerprint density at radius 3 is 2.59 bits per heavy atom. The Labute approximate surface area is 403 Å². The summed E-state index contributed by atoms with van der Waals surface area (Å²) in [7, 11) is 1.71. The molecule has 9 atom stereocenters. The zero-order valence-electron chi connectivity index (χ0n) is 40.0. The second kappa shape index (κ2) is 20.8. The number of aldehydes is 1. The van der Waals surface area contributed by atoms with E-state index in [0.29, 0.717) is 56.1 Å². The lowest BCUT2D eigenvalue weighted by atomic mass is 9.58. The first-order chi connectivity index (χ1) is 33.6. The van der Waals surface area contributed by atoms with Gasteiger partial charge in [-0.15, -0.1) is 0 Å². The molecule has 6 N–H and O–H groups in total. The minimum atomic E-state index is -1.46. The highest BCUT2D eigenvalue weighted by Gasteiger charge is 2.59. The molecule has 2 aliphatic carbocycles. The van der Waals surface area contributed by atoms with Crippen LogP contribution in [0.2, 0.25) is 0 Å². The highest BCUT2D eigenvalue weighted by Crippen LogP contribution is 2.59. The van der Waals surface area contributed by atoms with Gasteiger partial charge in [-0.2, -0.15) is 0 Å².